The van der Waals surface area contributed by atoms with Crippen LogP contribution in [0, 0.1) is 5.82 Å². The van der Waals surface area contributed by atoms with E-state index in [1.165, 1.54) is 41.6 Å². The molecule has 4 rings (SSSR count). The first kappa shape index (κ1) is 18.6. The Morgan fingerprint density at radius 2 is 1.62 bits per heavy atom. The third-order valence-corrected chi connectivity index (χ3v) is 4.88. The van der Waals surface area contributed by atoms with Gasteiger partial charge in [-0.05, 0) is 35.4 Å². The molecular weight excluding hydrogens is 371 g/mol. The fourth-order valence-corrected chi connectivity index (χ4v) is 3.48. The van der Waals surface area contributed by atoms with Gasteiger partial charge in [-0.2, -0.15) is 0 Å². The molecule has 29 heavy (non-hydrogen) atoms. The minimum absolute atomic E-state index is 0.0243. The van der Waals surface area contributed by atoms with Crippen molar-refractivity contribution in [3.8, 4) is 0 Å². The SMILES string of the molecule is O=C1C(=O)N(Cc2ccccc2)C(c2ccc(F)cc2)C1=C(O)c1ccncc1. The molecule has 1 unspecified atom stereocenters. The van der Waals surface area contributed by atoms with Crippen LogP contribution in [-0.2, 0) is 16.1 Å². The molecule has 1 aliphatic rings. The van der Waals surface area contributed by atoms with E-state index in [-0.39, 0.29) is 17.9 Å². The number of carbonyl (C=O) groups excluding carboxylic acids is 2. The van der Waals surface area contributed by atoms with Crippen molar-refractivity contribution in [2.24, 2.45) is 0 Å². The van der Waals surface area contributed by atoms with Gasteiger partial charge in [0.25, 0.3) is 11.7 Å². The van der Waals surface area contributed by atoms with Gasteiger partial charge in [-0.25, -0.2) is 4.39 Å². The molecule has 144 valence electrons. The Hall–Kier alpha value is -3.80. The number of benzene rings is 2. The van der Waals surface area contributed by atoms with Crippen LogP contribution in [0.25, 0.3) is 5.76 Å². The molecule has 0 radical (unpaired) electrons. The van der Waals surface area contributed by atoms with E-state index in [2.05, 4.69) is 4.98 Å². The lowest BCUT2D eigenvalue weighted by Crippen LogP contribution is -2.29. The fraction of sp³-hybridized carbons (Fsp3) is 0.0870. The molecule has 1 fully saturated rings. The quantitative estimate of drug-likeness (QED) is 0.419. The predicted molar refractivity (Wildman–Crippen MR) is 105 cm³/mol. The Bertz CT molecular complexity index is 1080. The van der Waals surface area contributed by atoms with Gasteiger partial charge in [0.05, 0.1) is 11.6 Å². The van der Waals surface area contributed by atoms with Crippen LogP contribution in [0.4, 0.5) is 4.39 Å². The molecule has 1 saturated heterocycles. The second-order valence-corrected chi connectivity index (χ2v) is 6.70. The third kappa shape index (κ3) is 3.52. The molecule has 0 aliphatic carbocycles. The number of halogens is 1. The highest BCUT2D eigenvalue weighted by Gasteiger charge is 2.46. The van der Waals surface area contributed by atoms with E-state index >= 15 is 0 Å². The number of nitrogens with zero attached hydrogens (tertiary/aromatic N) is 2. The Balaban J connectivity index is 1.86. The zero-order valence-electron chi connectivity index (χ0n) is 15.3. The second kappa shape index (κ2) is 7.67. The lowest BCUT2D eigenvalue weighted by Gasteiger charge is -2.25. The number of ketones is 1. The summed E-state index contributed by atoms with van der Waals surface area (Å²) in [5.74, 6) is -2.19. The van der Waals surface area contributed by atoms with Gasteiger partial charge in [-0.1, -0.05) is 42.5 Å². The first-order chi connectivity index (χ1) is 14.1. The van der Waals surface area contributed by atoms with Crippen molar-refractivity contribution in [1.29, 1.82) is 0 Å². The number of amides is 1. The number of carbonyl (C=O) groups is 2. The van der Waals surface area contributed by atoms with Crippen molar-refractivity contribution in [2.45, 2.75) is 12.6 Å². The highest BCUT2D eigenvalue weighted by atomic mass is 19.1. The number of aliphatic hydroxyl groups excluding tert-OH is 1. The molecule has 0 saturated carbocycles. The summed E-state index contributed by atoms with van der Waals surface area (Å²) >= 11 is 0. The minimum atomic E-state index is -0.830. The molecule has 2 aromatic carbocycles. The van der Waals surface area contributed by atoms with E-state index in [4.69, 9.17) is 0 Å². The van der Waals surface area contributed by atoms with E-state index in [1.54, 1.807) is 12.1 Å². The molecule has 0 spiro atoms. The predicted octanol–water partition coefficient (Wildman–Crippen LogP) is 3.84. The Kier molecular flexibility index (Phi) is 4.91. The van der Waals surface area contributed by atoms with Crippen molar-refractivity contribution >= 4 is 17.4 Å². The summed E-state index contributed by atoms with van der Waals surface area (Å²) in [4.78, 5) is 31.0. The number of rotatable bonds is 4. The number of hydrogen-bond donors (Lipinski definition) is 1. The maximum atomic E-state index is 13.5. The van der Waals surface area contributed by atoms with Crippen molar-refractivity contribution in [1.82, 2.24) is 9.88 Å². The van der Waals surface area contributed by atoms with Gasteiger partial charge in [0, 0.05) is 24.5 Å². The molecule has 6 heteroatoms. The number of pyridine rings is 1. The minimum Gasteiger partial charge on any atom is -0.507 e. The summed E-state index contributed by atoms with van der Waals surface area (Å²) in [5.41, 5.74) is 1.73. The van der Waals surface area contributed by atoms with Gasteiger partial charge < -0.3 is 10.0 Å². The van der Waals surface area contributed by atoms with E-state index in [1.807, 2.05) is 30.3 Å². The molecule has 3 aromatic rings. The van der Waals surface area contributed by atoms with Crippen LogP contribution in [0.3, 0.4) is 0 Å². The molecule has 0 bridgehead atoms. The Morgan fingerprint density at radius 3 is 2.28 bits per heavy atom. The highest BCUT2D eigenvalue weighted by Crippen LogP contribution is 2.40. The summed E-state index contributed by atoms with van der Waals surface area (Å²) in [6, 6.07) is 17.1. The smallest absolute Gasteiger partial charge is 0.295 e. The van der Waals surface area contributed by atoms with Gasteiger partial charge >= 0.3 is 0 Å². The zero-order valence-corrected chi connectivity index (χ0v) is 15.3. The molecule has 1 N–H and O–H groups in total. The molecule has 1 atom stereocenters. The molecule has 2 heterocycles. The van der Waals surface area contributed by atoms with Crippen LogP contribution in [0.1, 0.15) is 22.7 Å². The van der Waals surface area contributed by atoms with Crippen LogP contribution < -0.4 is 0 Å². The normalized spacial score (nSPS) is 18.2. The van der Waals surface area contributed by atoms with Crippen molar-refractivity contribution in [3.63, 3.8) is 0 Å². The maximum absolute atomic E-state index is 13.5. The molecular formula is C23H17FN2O3. The summed E-state index contributed by atoms with van der Waals surface area (Å²) in [6.07, 6.45) is 2.98. The average Bonchev–Trinajstić information content (AvgIpc) is 3.00. The molecule has 1 aromatic heterocycles. The van der Waals surface area contributed by atoms with E-state index in [9.17, 15) is 19.1 Å². The van der Waals surface area contributed by atoms with E-state index in [0.717, 1.165) is 5.56 Å². The number of aromatic nitrogens is 1. The van der Waals surface area contributed by atoms with Gasteiger partial charge in [-0.3, -0.25) is 14.6 Å². The second-order valence-electron chi connectivity index (χ2n) is 6.70. The lowest BCUT2D eigenvalue weighted by molar-refractivity contribution is -0.140. The third-order valence-electron chi connectivity index (χ3n) is 4.88. The van der Waals surface area contributed by atoms with Crippen molar-refractivity contribution in [3.05, 3.63) is 107 Å². The van der Waals surface area contributed by atoms with Crippen LogP contribution in [-0.4, -0.2) is 26.7 Å². The van der Waals surface area contributed by atoms with Crippen molar-refractivity contribution in [2.75, 3.05) is 0 Å². The lowest BCUT2D eigenvalue weighted by atomic mass is 9.95. The first-order valence-electron chi connectivity index (χ1n) is 9.04. The summed E-state index contributed by atoms with van der Waals surface area (Å²) in [5, 5.41) is 10.9. The first-order valence-corrected chi connectivity index (χ1v) is 9.04. The number of likely N-dealkylation sites (tertiary alicyclic amines) is 1. The number of hydrogen-bond acceptors (Lipinski definition) is 4. The van der Waals surface area contributed by atoms with Gasteiger partial charge in [0.2, 0.25) is 0 Å². The molecule has 5 nitrogen and oxygen atoms in total. The van der Waals surface area contributed by atoms with Crippen LogP contribution in [0.15, 0.2) is 84.7 Å². The van der Waals surface area contributed by atoms with Crippen LogP contribution >= 0.6 is 0 Å². The number of aliphatic hydroxyl groups is 1. The topological polar surface area (TPSA) is 70.5 Å². The maximum Gasteiger partial charge on any atom is 0.295 e. The van der Waals surface area contributed by atoms with E-state index < -0.39 is 23.5 Å². The summed E-state index contributed by atoms with van der Waals surface area (Å²) in [6.45, 7) is 0.181. The molecule has 1 amide bonds. The van der Waals surface area contributed by atoms with Crippen LogP contribution in [0.2, 0.25) is 0 Å². The number of Topliss-reactive ketones (excluding diaryl/α,β-unsaturated/α-hetero) is 1. The largest absolute Gasteiger partial charge is 0.507 e. The van der Waals surface area contributed by atoms with Gasteiger partial charge in [-0.15, -0.1) is 0 Å². The summed E-state index contributed by atoms with van der Waals surface area (Å²) < 4.78 is 13.5. The average molecular weight is 388 g/mol. The Labute approximate surface area is 166 Å². The fourth-order valence-electron chi connectivity index (χ4n) is 3.48. The molecule has 1 aliphatic heterocycles. The van der Waals surface area contributed by atoms with Crippen molar-refractivity contribution < 1.29 is 19.1 Å². The Morgan fingerprint density at radius 1 is 0.966 bits per heavy atom. The zero-order chi connectivity index (χ0) is 20.4. The highest BCUT2D eigenvalue weighted by molar-refractivity contribution is 6.46. The van der Waals surface area contributed by atoms with E-state index in [0.29, 0.717) is 11.1 Å². The van der Waals surface area contributed by atoms with Gasteiger partial charge in [0.1, 0.15) is 11.6 Å². The monoisotopic (exact) mass is 388 g/mol. The summed E-state index contributed by atoms with van der Waals surface area (Å²) in [7, 11) is 0. The van der Waals surface area contributed by atoms with Gasteiger partial charge in [0.15, 0.2) is 0 Å². The van der Waals surface area contributed by atoms with Crippen LogP contribution in [0.5, 0.6) is 0 Å². The standard InChI is InChI=1S/C23H17FN2O3/c24-18-8-6-16(7-9-18)20-19(21(27)17-10-12-25-13-11-17)22(28)23(29)26(20)14-15-4-2-1-3-5-15/h1-13,20,27H,14H2.